The van der Waals surface area contributed by atoms with Gasteiger partial charge in [-0.25, -0.2) is 4.98 Å². The van der Waals surface area contributed by atoms with Crippen molar-refractivity contribution >= 4 is 28.5 Å². The third kappa shape index (κ3) is 2.36. The lowest BCUT2D eigenvalue weighted by molar-refractivity contribution is -0.111. The standard InChI is InChI=1S/C13H12N2O2S/c16-12(7-6-9-3-2-8-17-9)15-13-14-10-4-1-5-11(10)18-13/h2-3,6-8H,1,4-5H2,(H,14,15,16)/b7-6+. The maximum Gasteiger partial charge on any atom is 0.250 e. The van der Waals surface area contributed by atoms with Crippen LogP contribution in [-0.4, -0.2) is 10.9 Å². The van der Waals surface area contributed by atoms with Gasteiger partial charge in [0.25, 0.3) is 0 Å². The zero-order chi connectivity index (χ0) is 12.4. The summed E-state index contributed by atoms with van der Waals surface area (Å²) in [5.41, 5.74) is 1.14. The molecule has 0 fully saturated rings. The second-order valence-corrected chi connectivity index (χ2v) is 5.16. The molecule has 2 heterocycles. The molecule has 1 N–H and O–H groups in total. The molecule has 4 nitrogen and oxygen atoms in total. The molecule has 0 saturated heterocycles. The van der Waals surface area contributed by atoms with Crippen LogP contribution in [0, 0.1) is 0 Å². The van der Waals surface area contributed by atoms with Crippen molar-refractivity contribution in [3.8, 4) is 0 Å². The highest BCUT2D eigenvalue weighted by Crippen LogP contribution is 2.30. The van der Waals surface area contributed by atoms with Gasteiger partial charge in [-0.05, 0) is 37.5 Å². The van der Waals surface area contributed by atoms with Crippen LogP contribution in [0.5, 0.6) is 0 Å². The molecule has 18 heavy (non-hydrogen) atoms. The first-order valence-electron chi connectivity index (χ1n) is 5.82. The molecule has 0 unspecified atom stereocenters. The van der Waals surface area contributed by atoms with Gasteiger partial charge in [-0.2, -0.15) is 0 Å². The summed E-state index contributed by atoms with van der Waals surface area (Å²) in [5.74, 6) is 0.477. The topological polar surface area (TPSA) is 55.1 Å². The Bertz CT molecular complexity index is 563. The minimum absolute atomic E-state index is 0.182. The Morgan fingerprint density at radius 3 is 3.22 bits per heavy atom. The number of carbonyl (C=O) groups is 1. The first-order valence-corrected chi connectivity index (χ1v) is 6.64. The van der Waals surface area contributed by atoms with E-state index in [1.165, 1.54) is 17.4 Å². The average molecular weight is 260 g/mol. The van der Waals surface area contributed by atoms with Crippen LogP contribution < -0.4 is 5.32 Å². The number of carbonyl (C=O) groups excluding carboxylic acids is 1. The second-order valence-electron chi connectivity index (χ2n) is 4.08. The van der Waals surface area contributed by atoms with Gasteiger partial charge < -0.3 is 4.42 Å². The van der Waals surface area contributed by atoms with E-state index in [1.54, 1.807) is 35.8 Å². The van der Waals surface area contributed by atoms with Crippen LogP contribution in [0.1, 0.15) is 22.8 Å². The van der Waals surface area contributed by atoms with Gasteiger partial charge >= 0.3 is 0 Å². The number of hydrogen-bond donors (Lipinski definition) is 1. The van der Waals surface area contributed by atoms with E-state index in [0.717, 1.165) is 18.5 Å². The molecule has 0 aromatic carbocycles. The minimum Gasteiger partial charge on any atom is -0.465 e. The van der Waals surface area contributed by atoms with Gasteiger partial charge in [0, 0.05) is 11.0 Å². The van der Waals surface area contributed by atoms with Gasteiger partial charge in [-0.15, -0.1) is 11.3 Å². The van der Waals surface area contributed by atoms with E-state index in [1.807, 2.05) is 0 Å². The first kappa shape index (κ1) is 11.2. The fourth-order valence-corrected chi connectivity index (χ4v) is 2.99. The number of hydrogen-bond acceptors (Lipinski definition) is 4. The molecule has 0 radical (unpaired) electrons. The van der Waals surface area contributed by atoms with E-state index in [4.69, 9.17) is 4.42 Å². The lowest BCUT2D eigenvalue weighted by Gasteiger charge is -1.95. The van der Waals surface area contributed by atoms with Gasteiger partial charge in [-0.1, -0.05) is 0 Å². The van der Waals surface area contributed by atoms with Crippen molar-refractivity contribution in [2.45, 2.75) is 19.3 Å². The minimum atomic E-state index is -0.182. The van der Waals surface area contributed by atoms with E-state index < -0.39 is 0 Å². The Morgan fingerprint density at radius 2 is 2.44 bits per heavy atom. The summed E-state index contributed by atoms with van der Waals surface area (Å²) in [7, 11) is 0. The molecule has 0 saturated carbocycles. The van der Waals surface area contributed by atoms with Crippen LogP contribution in [-0.2, 0) is 17.6 Å². The summed E-state index contributed by atoms with van der Waals surface area (Å²) in [5, 5.41) is 3.46. The SMILES string of the molecule is O=C(/C=C/c1ccco1)Nc1nc2c(s1)CCC2. The van der Waals surface area contributed by atoms with Crippen molar-refractivity contribution in [3.63, 3.8) is 0 Å². The number of nitrogens with zero attached hydrogens (tertiary/aromatic N) is 1. The summed E-state index contributed by atoms with van der Waals surface area (Å²) in [6, 6.07) is 3.57. The molecule has 2 aromatic heterocycles. The van der Waals surface area contributed by atoms with Crippen molar-refractivity contribution in [2.24, 2.45) is 0 Å². The molecule has 0 aliphatic heterocycles. The Hall–Kier alpha value is -1.88. The van der Waals surface area contributed by atoms with E-state index >= 15 is 0 Å². The van der Waals surface area contributed by atoms with E-state index in [2.05, 4.69) is 10.3 Å². The maximum absolute atomic E-state index is 11.7. The predicted molar refractivity (Wildman–Crippen MR) is 70.5 cm³/mol. The van der Waals surface area contributed by atoms with Crippen molar-refractivity contribution < 1.29 is 9.21 Å². The fourth-order valence-electron chi connectivity index (χ4n) is 1.93. The lowest BCUT2D eigenvalue weighted by atomic mass is 10.4. The number of aromatic nitrogens is 1. The average Bonchev–Trinajstić information content (AvgIpc) is 3.01. The van der Waals surface area contributed by atoms with E-state index in [-0.39, 0.29) is 5.91 Å². The van der Waals surface area contributed by atoms with Gasteiger partial charge in [0.15, 0.2) is 5.13 Å². The third-order valence-electron chi connectivity index (χ3n) is 2.77. The van der Waals surface area contributed by atoms with E-state index in [9.17, 15) is 4.79 Å². The largest absolute Gasteiger partial charge is 0.465 e. The van der Waals surface area contributed by atoms with Crippen LogP contribution in [0.3, 0.4) is 0 Å². The second kappa shape index (κ2) is 4.78. The normalized spacial score (nSPS) is 14.0. The molecule has 0 spiro atoms. The molecular formula is C13H12N2O2S. The summed E-state index contributed by atoms with van der Waals surface area (Å²) in [6.07, 6.45) is 7.96. The quantitative estimate of drug-likeness (QED) is 0.863. The number of furan rings is 1. The number of nitrogens with one attached hydrogen (secondary N) is 1. The van der Waals surface area contributed by atoms with Gasteiger partial charge in [0.1, 0.15) is 5.76 Å². The van der Waals surface area contributed by atoms with Gasteiger partial charge in [-0.3, -0.25) is 10.1 Å². The predicted octanol–water partition coefficient (Wildman–Crippen LogP) is 2.88. The zero-order valence-electron chi connectivity index (χ0n) is 9.68. The Labute approximate surface area is 108 Å². The molecule has 1 amide bonds. The monoisotopic (exact) mass is 260 g/mol. The van der Waals surface area contributed by atoms with Crippen molar-refractivity contribution in [1.29, 1.82) is 0 Å². The highest BCUT2D eigenvalue weighted by molar-refractivity contribution is 7.15. The third-order valence-corrected chi connectivity index (χ3v) is 3.84. The summed E-state index contributed by atoms with van der Waals surface area (Å²) >= 11 is 1.57. The number of thiazole rings is 1. The first-order chi connectivity index (χ1) is 8.81. The molecular weight excluding hydrogens is 248 g/mol. The van der Waals surface area contributed by atoms with Crippen LogP contribution in [0.2, 0.25) is 0 Å². The Balaban J connectivity index is 1.63. The van der Waals surface area contributed by atoms with E-state index in [0.29, 0.717) is 10.9 Å². The number of aryl methyl sites for hydroxylation is 2. The van der Waals surface area contributed by atoms with Crippen LogP contribution >= 0.6 is 11.3 Å². The van der Waals surface area contributed by atoms with Crippen LogP contribution in [0.25, 0.3) is 6.08 Å². The number of anilines is 1. The molecule has 0 atom stereocenters. The molecule has 1 aliphatic carbocycles. The maximum atomic E-state index is 11.7. The summed E-state index contributed by atoms with van der Waals surface area (Å²) < 4.78 is 5.10. The molecule has 0 bridgehead atoms. The molecule has 3 rings (SSSR count). The molecule has 2 aromatic rings. The van der Waals surface area contributed by atoms with Crippen molar-refractivity contribution in [3.05, 3.63) is 40.8 Å². The van der Waals surface area contributed by atoms with Crippen molar-refractivity contribution in [1.82, 2.24) is 4.98 Å². The highest BCUT2D eigenvalue weighted by Gasteiger charge is 2.17. The highest BCUT2D eigenvalue weighted by atomic mass is 32.1. The molecule has 5 heteroatoms. The van der Waals surface area contributed by atoms with Crippen LogP contribution in [0.15, 0.2) is 28.9 Å². The smallest absolute Gasteiger partial charge is 0.250 e. The summed E-state index contributed by atoms with van der Waals surface area (Å²) in [6.45, 7) is 0. The molecule has 1 aliphatic rings. The van der Waals surface area contributed by atoms with Gasteiger partial charge in [0.2, 0.25) is 5.91 Å². The number of rotatable bonds is 3. The Morgan fingerprint density at radius 1 is 1.50 bits per heavy atom. The van der Waals surface area contributed by atoms with Crippen molar-refractivity contribution in [2.75, 3.05) is 5.32 Å². The van der Waals surface area contributed by atoms with Crippen LogP contribution in [0.4, 0.5) is 5.13 Å². The fraction of sp³-hybridized carbons (Fsp3) is 0.231. The Kier molecular flexibility index (Phi) is 2.98. The zero-order valence-corrected chi connectivity index (χ0v) is 10.5. The lowest BCUT2D eigenvalue weighted by Crippen LogP contribution is -2.07. The van der Waals surface area contributed by atoms with Gasteiger partial charge in [0.05, 0.1) is 12.0 Å². The number of fused-ring (bicyclic) bond motifs is 1. The molecule has 92 valence electrons. The summed E-state index contributed by atoms with van der Waals surface area (Å²) in [4.78, 5) is 17.4. The number of amides is 1.